The molecule has 108 valence electrons. The third-order valence-electron chi connectivity index (χ3n) is 3.66. The Balaban J connectivity index is 1.98. The summed E-state index contributed by atoms with van der Waals surface area (Å²) in [6, 6.07) is 14.7. The zero-order valence-electron chi connectivity index (χ0n) is 11.6. The maximum absolute atomic E-state index is 6.10. The molecular weight excluding hydrogens is 394 g/mol. The Morgan fingerprint density at radius 2 is 1.86 bits per heavy atom. The number of nitrogens with zero attached hydrogens (tertiary/aromatic N) is 2. The van der Waals surface area contributed by atoms with Crippen LogP contribution in [0.2, 0.25) is 0 Å². The predicted molar refractivity (Wildman–Crippen MR) is 94.7 cm³/mol. The normalized spacial score (nSPS) is 18.0. The molecule has 0 aliphatic carbocycles. The van der Waals surface area contributed by atoms with E-state index in [9.17, 15) is 0 Å². The zero-order chi connectivity index (χ0) is 15.0. The Labute approximate surface area is 141 Å². The topological polar surface area (TPSA) is 41.6 Å². The first-order valence-corrected chi connectivity index (χ1v) is 8.25. The standard InChI is InChI=1S/C16H15Br2N3/c1-10-8-11(2-7-14(10)18)15-9-20-16(19)21(15)13-5-3-12(17)4-6-13/h2-8,15H,9H2,1H3,(H2,19,20). The van der Waals surface area contributed by atoms with E-state index in [1.165, 1.54) is 11.1 Å². The molecule has 2 N–H and O–H groups in total. The first-order valence-electron chi connectivity index (χ1n) is 6.67. The fourth-order valence-electron chi connectivity index (χ4n) is 2.54. The van der Waals surface area contributed by atoms with Crippen molar-refractivity contribution in [2.75, 3.05) is 11.4 Å². The maximum Gasteiger partial charge on any atom is 0.196 e. The van der Waals surface area contributed by atoms with Crippen LogP contribution in [0.4, 0.5) is 5.69 Å². The van der Waals surface area contributed by atoms with E-state index in [1.807, 2.05) is 12.1 Å². The van der Waals surface area contributed by atoms with Gasteiger partial charge in [0.2, 0.25) is 0 Å². The van der Waals surface area contributed by atoms with Gasteiger partial charge in [-0.25, -0.2) is 0 Å². The van der Waals surface area contributed by atoms with Gasteiger partial charge in [0.1, 0.15) is 0 Å². The van der Waals surface area contributed by atoms with Gasteiger partial charge in [0.15, 0.2) is 5.96 Å². The Kier molecular flexibility index (Phi) is 4.04. The van der Waals surface area contributed by atoms with Gasteiger partial charge in [0.25, 0.3) is 0 Å². The second-order valence-corrected chi connectivity index (χ2v) is 6.84. The van der Waals surface area contributed by atoms with E-state index < -0.39 is 0 Å². The first-order chi connectivity index (χ1) is 10.1. The largest absolute Gasteiger partial charge is 0.369 e. The van der Waals surface area contributed by atoms with Gasteiger partial charge in [-0.1, -0.05) is 44.0 Å². The summed E-state index contributed by atoms with van der Waals surface area (Å²) in [7, 11) is 0. The number of benzene rings is 2. The Morgan fingerprint density at radius 1 is 1.14 bits per heavy atom. The van der Waals surface area contributed by atoms with E-state index in [1.54, 1.807) is 0 Å². The van der Waals surface area contributed by atoms with Gasteiger partial charge in [-0.3, -0.25) is 4.99 Å². The quantitative estimate of drug-likeness (QED) is 0.800. The summed E-state index contributed by atoms with van der Waals surface area (Å²) in [6.07, 6.45) is 0. The average Bonchev–Trinajstić information content (AvgIpc) is 2.85. The number of aryl methyl sites for hydroxylation is 1. The molecule has 1 heterocycles. The lowest BCUT2D eigenvalue weighted by Gasteiger charge is -2.27. The second-order valence-electron chi connectivity index (χ2n) is 5.07. The van der Waals surface area contributed by atoms with Crippen LogP contribution in [0.25, 0.3) is 0 Å². The molecule has 0 radical (unpaired) electrons. The number of hydrogen-bond acceptors (Lipinski definition) is 3. The monoisotopic (exact) mass is 407 g/mol. The molecule has 1 atom stereocenters. The van der Waals surface area contributed by atoms with Crippen LogP contribution < -0.4 is 10.6 Å². The van der Waals surface area contributed by atoms with E-state index in [-0.39, 0.29) is 6.04 Å². The molecule has 1 unspecified atom stereocenters. The molecule has 0 saturated carbocycles. The van der Waals surface area contributed by atoms with Crippen molar-refractivity contribution in [2.24, 2.45) is 10.7 Å². The van der Waals surface area contributed by atoms with Crippen molar-refractivity contribution >= 4 is 43.5 Å². The number of rotatable bonds is 2. The smallest absolute Gasteiger partial charge is 0.196 e. The lowest BCUT2D eigenvalue weighted by atomic mass is 10.0. The predicted octanol–water partition coefficient (Wildman–Crippen LogP) is 4.40. The van der Waals surface area contributed by atoms with Crippen LogP contribution in [0.15, 0.2) is 56.4 Å². The minimum Gasteiger partial charge on any atom is -0.369 e. The highest BCUT2D eigenvalue weighted by atomic mass is 79.9. The summed E-state index contributed by atoms with van der Waals surface area (Å²) in [5, 5.41) is 0. The van der Waals surface area contributed by atoms with E-state index in [4.69, 9.17) is 5.73 Å². The molecule has 21 heavy (non-hydrogen) atoms. The molecule has 0 amide bonds. The summed E-state index contributed by atoms with van der Waals surface area (Å²) in [6.45, 7) is 2.78. The Bertz CT molecular complexity index is 695. The fraction of sp³-hybridized carbons (Fsp3) is 0.188. The molecule has 0 aromatic heterocycles. The van der Waals surface area contributed by atoms with E-state index >= 15 is 0 Å². The summed E-state index contributed by atoms with van der Waals surface area (Å²) < 4.78 is 2.17. The minimum atomic E-state index is 0.151. The number of guanidine groups is 1. The molecule has 0 spiro atoms. The van der Waals surface area contributed by atoms with Gasteiger partial charge in [-0.2, -0.15) is 0 Å². The molecule has 3 nitrogen and oxygen atoms in total. The van der Waals surface area contributed by atoms with Crippen LogP contribution in [-0.2, 0) is 0 Å². The highest BCUT2D eigenvalue weighted by molar-refractivity contribution is 9.10. The van der Waals surface area contributed by atoms with E-state index in [0.29, 0.717) is 12.5 Å². The van der Waals surface area contributed by atoms with Crippen LogP contribution in [0.3, 0.4) is 0 Å². The van der Waals surface area contributed by atoms with E-state index in [0.717, 1.165) is 14.6 Å². The van der Waals surface area contributed by atoms with Gasteiger partial charge < -0.3 is 10.6 Å². The van der Waals surface area contributed by atoms with Crippen LogP contribution in [0.5, 0.6) is 0 Å². The first kappa shape index (κ1) is 14.6. The fourth-order valence-corrected chi connectivity index (χ4v) is 3.05. The third-order valence-corrected chi connectivity index (χ3v) is 5.07. The van der Waals surface area contributed by atoms with Crippen molar-refractivity contribution in [2.45, 2.75) is 13.0 Å². The average molecular weight is 409 g/mol. The summed E-state index contributed by atoms with van der Waals surface area (Å²) >= 11 is 7.01. The highest BCUT2D eigenvalue weighted by Crippen LogP contribution is 2.33. The highest BCUT2D eigenvalue weighted by Gasteiger charge is 2.28. The van der Waals surface area contributed by atoms with Crippen molar-refractivity contribution in [1.29, 1.82) is 0 Å². The van der Waals surface area contributed by atoms with Gasteiger partial charge in [0, 0.05) is 14.6 Å². The van der Waals surface area contributed by atoms with Crippen molar-refractivity contribution in [3.63, 3.8) is 0 Å². The van der Waals surface area contributed by atoms with Gasteiger partial charge >= 0.3 is 0 Å². The number of hydrogen-bond donors (Lipinski definition) is 1. The lowest BCUT2D eigenvalue weighted by Crippen LogP contribution is -2.36. The molecule has 5 heteroatoms. The summed E-state index contributed by atoms with van der Waals surface area (Å²) in [4.78, 5) is 6.52. The number of aliphatic imine (C=N–C) groups is 1. The summed E-state index contributed by atoms with van der Waals surface area (Å²) in [5.41, 5.74) is 9.60. The second kappa shape index (κ2) is 5.81. The van der Waals surface area contributed by atoms with Crippen LogP contribution in [-0.4, -0.2) is 12.5 Å². The molecule has 3 rings (SSSR count). The van der Waals surface area contributed by atoms with Crippen LogP contribution in [0.1, 0.15) is 17.2 Å². The van der Waals surface area contributed by atoms with Gasteiger partial charge in [-0.05, 0) is 48.4 Å². The van der Waals surface area contributed by atoms with Crippen molar-refractivity contribution in [3.8, 4) is 0 Å². The number of halogens is 2. The van der Waals surface area contributed by atoms with Crippen LogP contribution in [0, 0.1) is 6.92 Å². The Morgan fingerprint density at radius 3 is 2.52 bits per heavy atom. The van der Waals surface area contributed by atoms with Crippen molar-refractivity contribution < 1.29 is 0 Å². The third kappa shape index (κ3) is 2.85. The molecular formula is C16H15Br2N3. The molecule has 0 bridgehead atoms. The molecule has 2 aromatic rings. The van der Waals surface area contributed by atoms with Gasteiger partial charge in [-0.15, -0.1) is 0 Å². The molecule has 0 saturated heterocycles. The number of nitrogens with two attached hydrogens (primary N) is 1. The van der Waals surface area contributed by atoms with Crippen LogP contribution >= 0.6 is 31.9 Å². The molecule has 1 aliphatic rings. The molecule has 0 fully saturated rings. The van der Waals surface area contributed by atoms with Crippen molar-refractivity contribution in [3.05, 3.63) is 62.5 Å². The maximum atomic E-state index is 6.10. The van der Waals surface area contributed by atoms with Crippen molar-refractivity contribution in [1.82, 2.24) is 0 Å². The van der Waals surface area contributed by atoms with Gasteiger partial charge in [0.05, 0.1) is 12.6 Å². The summed E-state index contributed by atoms with van der Waals surface area (Å²) in [5.74, 6) is 0.572. The number of anilines is 1. The Hall–Kier alpha value is -1.33. The lowest BCUT2D eigenvalue weighted by molar-refractivity contribution is 0.767. The molecule has 2 aromatic carbocycles. The SMILES string of the molecule is Cc1cc(C2CN=C(N)N2c2ccc(Br)cc2)ccc1Br. The van der Waals surface area contributed by atoms with E-state index in [2.05, 4.69) is 79.0 Å². The molecule has 1 aliphatic heterocycles. The minimum absolute atomic E-state index is 0.151. The zero-order valence-corrected chi connectivity index (χ0v) is 14.7.